The first kappa shape index (κ1) is 10.9. The number of aromatic hydroxyl groups is 2. The molecule has 7 nitrogen and oxygen atoms in total. The Bertz CT molecular complexity index is 495. The van der Waals surface area contributed by atoms with Crippen molar-refractivity contribution in [1.82, 2.24) is 15.0 Å². The molecular formula is C10H10N4O3. The smallest absolute Gasteiger partial charge is 0.321 e. The van der Waals surface area contributed by atoms with Crippen LogP contribution in [-0.4, -0.2) is 32.3 Å². The molecule has 0 fully saturated rings. The molecule has 0 saturated heterocycles. The second-order valence-electron chi connectivity index (χ2n) is 3.11. The highest BCUT2D eigenvalue weighted by molar-refractivity contribution is 5.54. The van der Waals surface area contributed by atoms with E-state index in [0.29, 0.717) is 5.69 Å². The summed E-state index contributed by atoms with van der Waals surface area (Å²) in [6, 6.07) is 5.90. The minimum absolute atomic E-state index is 0.0557. The van der Waals surface area contributed by atoms with Crippen molar-refractivity contribution >= 4 is 11.6 Å². The first-order chi connectivity index (χ1) is 8.17. The largest absolute Gasteiger partial charge is 0.497 e. The van der Waals surface area contributed by atoms with E-state index in [1.807, 2.05) is 0 Å². The van der Waals surface area contributed by atoms with E-state index < -0.39 is 12.0 Å². The molecule has 17 heavy (non-hydrogen) atoms. The fourth-order valence-electron chi connectivity index (χ4n) is 1.21. The molecule has 0 radical (unpaired) electrons. The van der Waals surface area contributed by atoms with Crippen molar-refractivity contribution in [1.29, 1.82) is 0 Å². The number of rotatable bonds is 3. The zero-order valence-electron chi connectivity index (χ0n) is 8.95. The van der Waals surface area contributed by atoms with Crippen molar-refractivity contribution in [3.63, 3.8) is 0 Å². The lowest BCUT2D eigenvalue weighted by Gasteiger charge is -2.05. The van der Waals surface area contributed by atoms with E-state index in [4.69, 9.17) is 14.9 Å². The molecule has 1 heterocycles. The van der Waals surface area contributed by atoms with E-state index in [0.717, 1.165) is 5.75 Å². The predicted molar refractivity (Wildman–Crippen MR) is 59.4 cm³/mol. The van der Waals surface area contributed by atoms with Crippen LogP contribution in [0.1, 0.15) is 0 Å². The van der Waals surface area contributed by atoms with Crippen LogP contribution in [0.4, 0.5) is 11.6 Å². The van der Waals surface area contributed by atoms with Crippen LogP contribution in [0.15, 0.2) is 24.3 Å². The highest BCUT2D eigenvalue weighted by Crippen LogP contribution is 2.19. The molecule has 2 rings (SSSR count). The molecule has 0 aliphatic rings. The molecule has 3 N–H and O–H groups in total. The number of hydrogen-bond acceptors (Lipinski definition) is 7. The lowest BCUT2D eigenvalue weighted by atomic mass is 10.3. The normalized spacial score (nSPS) is 9.94. The quantitative estimate of drug-likeness (QED) is 0.729. The summed E-state index contributed by atoms with van der Waals surface area (Å²) in [5.74, 6) is 0.775. The standard InChI is InChI=1S/C10H10N4O3/c1-17-7-4-2-6(3-5-7)11-8-12-9(15)14-10(16)13-8/h2-5H,1H3,(H3,11,12,13,14,15,16). The number of hydrogen-bond donors (Lipinski definition) is 3. The Morgan fingerprint density at radius 3 is 2.12 bits per heavy atom. The summed E-state index contributed by atoms with van der Waals surface area (Å²) >= 11 is 0. The molecule has 0 unspecified atom stereocenters. The molecule has 0 aliphatic carbocycles. The number of nitrogens with zero attached hydrogens (tertiary/aromatic N) is 3. The van der Waals surface area contributed by atoms with Gasteiger partial charge in [0.15, 0.2) is 0 Å². The van der Waals surface area contributed by atoms with Crippen molar-refractivity contribution in [2.75, 3.05) is 12.4 Å². The third-order valence-electron chi connectivity index (χ3n) is 1.96. The summed E-state index contributed by atoms with van der Waals surface area (Å²) < 4.78 is 5.01. The van der Waals surface area contributed by atoms with Crippen LogP contribution in [0.2, 0.25) is 0 Å². The van der Waals surface area contributed by atoms with E-state index in [1.54, 1.807) is 31.4 Å². The van der Waals surface area contributed by atoms with Gasteiger partial charge in [-0.1, -0.05) is 0 Å². The van der Waals surface area contributed by atoms with E-state index in [-0.39, 0.29) is 5.95 Å². The van der Waals surface area contributed by atoms with Crippen LogP contribution >= 0.6 is 0 Å². The Kier molecular flexibility index (Phi) is 2.91. The molecule has 0 amide bonds. The molecule has 0 spiro atoms. The summed E-state index contributed by atoms with van der Waals surface area (Å²) in [6.45, 7) is 0. The summed E-state index contributed by atoms with van der Waals surface area (Å²) in [5.41, 5.74) is 0.691. The van der Waals surface area contributed by atoms with Gasteiger partial charge in [0, 0.05) is 5.69 Å². The van der Waals surface area contributed by atoms with E-state index in [9.17, 15) is 0 Å². The monoisotopic (exact) mass is 234 g/mol. The molecule has 2 aromatic rings. The van der Waals surface area contributed by atoms with E-state index in [2.05, 4.69) is 20.3 Å². The van der Waals surface area contributed by atoms with Gasteiger partial charge >= 0.3 is 12.0 Å². The van der Waals surface area contributed by atoms with Gasteiger partial charge in [0.2, 0.25) is 5.95 Å². The highest BCUT2D eigenvalue weighted by Gasteiger charge is 2.04. The Morgan fingerprint density at radius 2 is 1.59 bits per heavy atom. The molecule has 7 heteroatoms. The molecule has 1 aromatic carbocycles. The van der Waals surface area contributed by atoms with Gasteiger partial charge in [0.25, 0.3) is 0 Å². The number of methoxy groups -OCH3 is 1. The van der Waals surface area contributed by atoms with Gasteiger partial charge in [0.1, 0.15) is 5.75 Å². The van der Waals surface area contributed by atoms with Gasteiger partial charge in [0.05, 0.1) is 7.11 Å². The molecule has 1 aromatic heterocycles. The van der Waals surface area contributed by atoms with Crippen molar-refractivity contribution < 1.29 is 14.9 Å². The maximum absolute atomic E-state index is 9.07. The second-order valence-corrected chi connectivity index (χ2v) is 3.11. The van der Waals surface area contributed by atoms with Crippen LogP contribution < -0.4 is 10.1 Å². The fourth-order valence-corrected chi connectivity index (χ4v) is 1.21. The second kappa shape index (κ2) is 4.52. The van der Waals surface area contributed by atoms with Crippen LogP contribution in [0.25, 0.3) is 0 Å². The predicted octanol–water partition coefficient (Wildman–Crippen LogP) is 1.03. The number of ether oxygens (including phenoxy) is 1. The molecule has 88 valence electrons. The topological polar surface area (TPSA) is 100 Å². The van der Waals surface area contributed by atoms with Crippen molar-refractivity contribution in [2.45, 2.75) is 0 Å². The Labute approximate surface area is 96.8 Å². The van der Waals surface area contributed by atoms with Gasteiger partial charge in [-0.15, -0.1) is 4.98 Å². The van der Waals surface area contributed by atoms with Gasteiger partial charge in [-0.3, -0.25) is 0 Å². The summed E-state index contributed by atoms with van der Waals surface area (Å²) in [7, 11) is 1.57. The SMILES string of the molecule is COc1ccc(Nc2nc(O)nc(O)n2)cc1. The maximum Gasteiger partial charge on any atom is 0.321 e. The minimum Gasteiger partial charge on any atom is -0.497 e. The Hall–Kier alpha value is -2.57. The summed E-state index contributed by atoms with van der Waals surface area (Å²) in [6.07, 6.45) is 0. The van der Waals surface area contributed by atoms with Crippen LogP contribution in [0, 0.1) is 0 Å². The van der Waals surface area contributed by atoms with Crippen LogP contribution in [0.3, 0.4) is 0 Å². The zero-order chi connectivity index (χ0) is 12.3. The van der Waals surface area contributed by atoms with Gasteiger partial charge < -0.3 is 20.3 Å². The lowest BCUT2D eigenvalue weighted by Crippen LogP contribution is -1.98. The summed E-state index contributed by atoms with van der Waals surface area (Å²) in [5, 5.41) is 20.9. The van der Waals surface area contributed by atoms with Gasteiger partial charge in [-0.25, -0.2) is 0 Å². The van der Waals surface area contributed by atoms with E-state index in [1.165, 1.54) is 0 Å². The van der Waals surface area contributed by atoms with Crippen molar-refractivity contribution in [3.05, 3.63) is 24.3 Å². The zero-order valence-corrected chi connectivity index (χ0v) is 8.95. The Morgan fingerprint density at radius 1 is 1.00 bits per heavy atom. The maximum atomic E-state index is 9.07. The summed E-state index contributed by atoms with van der Waals surface area (Å²) in [4.78, 5) is 10.4. The average Bonchev–Trinajstić information content (AvgIpc) is 2.28. The van der Waals surface area contributed by atoms with Crippen molar-refractivity contribution in [2.24, 2.45) is 0 Å². The molecule has 0 bridgehead atoms. The van der Waals surface area contributed by atoms with Gasteiger partial charge in [-0.2, -0.15) is 9.97 Å². The molecule has 0 saturated carbocycles. The number of nitrogens with one attached hydrogen (secondary N) is 1. The van der Waals surface area contributed by atoms with Gasteiger partial charge in [-0.05, 0) is 24.3 Å². The Balaban J connectivity index is 2.19. The molecule has 0 aliphatic heterocycles. The highest BCUT2D eigenvalue weighted by atomic mass is 16.5. The lowest BCUT2D eigenvalue weighted by molar-refractivity contribution is 0.384. The first-order valence-corrected chi connectivity index (χ1v) is 4.72. The minimum atomic E-state index is -0.548. The number of benzene rings is 1. The number of aromatic nitrogens is 3. The third-order valence-corrected chi connectivity index (χ3v) is 1.96. The average molecular weight is 234 g/mol. The first-order valence-electron chi connectivity index (χ1n) is 4.72. The van der Waals surface area contributed by atoms with Crippen LogP contribution in [-0.2, 0) is 0 Å². The van der Waals surface area contributed by atoms with Crippen LogP contribution in [0.5, 0.6) is 17.8 Å². The molecule has 0 atom stereocenters. The van der Waals surface area contributed by atoms with Crippen molar-refractivity contribution in [3.8, 4) is 17.8 Å². The number of anilines is 2. The van der Waals surface area contributed by atoms with E-state index >= 15 is 0 Å². The molecular weight excluding hydrogens is 224 g/mol. The fraction of sp³-hybridized carbons (Fsp3) is 0.100. The third kappa shape index (κ3) is 2.71.